The summed E-state index contributed by atoms with van der Waals surface area (Å²) in [6, 6.07) is 17.6. The van der Waals surface area contributed by atoms with Crippen molar-refractivity contribution in [3.8, 4) is 5.75 Å². The summed E-state index contributed by atoms with van der Waals surface area (Å²) in [5.41, 5.74) is 2.09. The summed E-state index contributed by atoms with van der Waals surface area (Å²) in [6.45, 7) is 16.4. The minimum absolute atomic E-state index is 0.0204. The first-order valence-corrected chi connectivity index (χ1v) is 15.6. The van der Waals surface area contributed by atoms with E-state index in [1.54, 1.807) is 7.11 Å². The van der Waals surface area contributed by atoms with Crippen molar-refractivity contribution in [2.24, 2.45) is 5.92 Å². The van der Waals surface area contributed by atoms with Crippen LogP contribution in [0, 0.1) is 5.92 Å². The summed E-state index contributed by atoms with van der Waals surface area (Å²) in [5, 5.41) is 2.03. The summed E-state index contributed by atoms with van der Waals surface area (Å²) in [4.78, 5) is 12.6. The van der Waals surface area contributed by atoms with Gasteiger partial charge in [-0.2, -0.15) is 5.06 Å². The lowest BCUT2D eigenvalue weighted by Gasteiger charge is -2.46. The first kappa shape index (κ1) is 30.0. The molecule has 0 heterocycles. The second-order valence-corrected chi connectivity index (χ2v) is 15.8. The zero-order valence-electron chi connectivity index (χ0n) is 23.5. The molecule has 0 saturated carbocycles. The Hall–Kier alpha value is -2.19. The molecule has 0 aliphatic rings. The Morgan fingerprint density at radius 2 is 1.58 bits per heavy atom. The molecule has 0 aliphatic carbocycles. The molecule has 6 nitrogen and oxygen atoms in total. The zero-order valence-corrected chi connectivity index (χ0v) is 24.5. The van der Waals surface area contributed by atoms with Gasteiger partial charge in [0, 0.05) is 0 Å². The van der Waals surface area contributed by atoms with Crippen molar-refractivity contribution in [3.05, 3.63) is 65.7 Å². The Balaban J connectivity index is 2.48. The molecule has 0 aromatic heterocycles. The fourth-order valence-corrected chi connectivity index (χ4v) is 4.68. The van der Waals surface area contributed by atoms with Gasteiger partial charge in [-0.05, 0) is 47.3 Å². The van der Waals surface area contributed by atoms with E-state index >= 15 is 0 Å². The largest absolute Gasteiger partial charge is 0.497 e. The maximum atomic E-state index is 12.6. The van der Waals surface area contributed by atoms with Crippen LogP contribution >= 0.6 is 0 Å². The number of hydroxylamine groups is 2. The molecule has 7 heteroatoms. The van der Waals surface area contributed by atoms with Gasteiger partial charge in [-0.3, -0.25) is 4.79 Å². The highest BCUT2D eigenvalue weighted by Crippen LogP contribution is 2.41. The highest BCUT2D eigenvalue weighted by molar-refractivity contribution is 6.74. The van der Waals surface area contributed by atoms with Crippen molar-refractivity contribution in [1.29, 1.82) is 0 Å². The predicted octanol–water partition coefficient (Wildman–Crippen LogP) is 6.78. The number of esters is 1. The van der Waals surface area contributed by atoms with Crippen molar-refractivity contribution in [1.82, 2.24) is 5.06 Å². The van der Waals surface area contributed by atoms with Crippen LogP contribution < -0.4 is 4.74 Å². The lowest BCUT2D eigenvalue weighted by Crippen LogP contribution is -2.53. The third kappa shape index (κ3) is 8.44. The Kier molecular flexibility index (Phi) is 11.2. The van der Waals surface area contributed by atoms with Gasteiger partial charge in [0.1, 0.15) is 5.75 Å². The van der Waals surface area contributed by atoms with Crippen molar-refractivity contribution in [3.63, 3.8) is 0 Å². The van der Waals surface area contributed by atoms with Gasteiger partial charge in [0.2, 0.25) is 8.32 Å². The van der Waals surface area contributed by atoms with Gasteiger partial charge in [0.05, 0.1) is 45.9 Å². The Bertz CT molecular complexity index is 925. The average Bonchev–Trinajstić information content (AvgIpc) is 2.84. The van der Waals surface area contributed by atoms with Crippen molar-refractivity contribution in [2.75, 3.05) is 20.8 Å². The number of hydrogen-bond donors (Lipinski definition) is 0. The van der Waals surface area contributed by atoms with Crippen LogP contribution in [0.5, 0.6) is 5.75 Å². The molecule has 0 radical (unpaired) electrons. The van der Waals surface area contributed by atoms with E-state index in [4.69, 9.17) is 18.7 Å². The molecule has 2 atom stereocenters. The molecule has 0 bridgehead atoms. The van der Waals surface area contributed by atoms with Crippen LogP contribution in [-0.4, -0.2) is 46.2 Å². The number of methoxy groups -OCH3 is 2. The van der Waals surface area contributed by atoms with Gasteiger partial charge in [-0.15, -0.1) is 0 Å². The molecule has 1 unspecified atom stereocenters. The SMILES string of the molecule is COC(=O)CC(c1ccc(OC)cc1)N(O[Si](C)(C)C(C)(C)C)[C@H](COCc1ccccc1)C(C)C. The molecular formula is C29H45NO5Si. The van der Waals surface area contributed by atoms with E-state index in [1.165, 1.54) is 7.11 Å². The third-order valence-corrected chi connectivity index (χ3v) is 11.3. The number of carbonyl (C=O) groups excluding carboxylic acids is 1. The molecule has 0 N–H and O–H groups in total. The van der Waals surface area contributed by atoms with Crippen molar-refractivity contribution >= 4 is 14.3 Å². The molecule has 200 valence electrons. The summed E-state index contributed by atoms with van der Waals surface area (Å²) < 4.78 is 23.7. The quantitative estimate of drug-likeness (QED) is 0.166. The van der Waals surface area contributed by atoms with Gasteiger partial charge in [-0.25, -0.2) is 0 Å². The smallest absolute Gasteiger partial charge is 0.307 e. The van der Waals surface area contributed by atoms with Crippen LogP contribution in [0.4, 0.5) is 0 Å². The predicted molar refractivity (Wildman–Crippen MR) is 147 cm³/mol. The van der Waals surface area contributed by atoms with Gasteiger partial charge in [0.25, 0.3) is 0 Å². The second-order valence-electron chi connectivity index (χ2n) is 11.1. The Labute approximate surface area is 219 Å². The van der Waals surface area contributed by atoms with Gasteiger partial charge < -0.3 is 18.7 Å². The lowest BCUT2D eigenvalue weighted by molar-refractivity contribution is -0.180. The van der Waals surface area contributed by atoms with Crippen LogP contribution in [-0.2, 0) is 25.4 Å². The summed E-state index contributed by atoms with van der Waals surface area (Å²) in [6.07, 6.45) is 0.166. The fraction of sp³-hybridized carbons (Fsp3) is 0.552. The number of carbonyl (C=O) groups is 1. The van der Waals surface area contributed by atoms with Gasteiger partial charge >= 0.3 is 5.97 Å². The van der Waals surface area contributed by atoms with E-state index in [-0.39, 0.29) is 35.4 Å². The van der Waals surface area contributed by atoms with Crippen molar-refractivity contribution in [2.45, 2.75) is 77.9 Å². The standard InChI is InChI=1S/C29H45NO5Si/c1-22(2)27(21-34-20-23-13-11-10-12-14-23)30(35-36(8,9)29(3,4)5)26(19-28(31)33-7)24-15-17-25(32-6)18-16-24/h10-18,22,26-27H,19-21H2,1-9H3/t26?,27-/m1/s1. The normalized spacial score (nSPS) is 14.1. The number of hydrogen-bond acceptors (Lipinski definition) is 6. The molecule has 2 rings (SSSR count). The number of rotatable bonds is 13. The lowest BCUT2D eigenvalue weighted by atomic mass is 9.98. The van der Waals surface area contributed by atoms with E-state index in [0.29, 0.717) is 13.2 Å². The third-order valence-electron chi connectivity index (χ3n) is 7.03. The average molecular weight is 516 g/mol. The van der Waals surface area contributed by atoms with E-state index in [2.05, 4.69) is 59.8 Å². The molecule has 0 spiro atoms. The van der Waals surface area contributed by atoms with E-state index in [1.807, 2.05) is 47.5 Å². The van der Waals surface area contributed by atoms with Gasteiger partial charge in [0.15, 0.2) is 0 Å². The zero-order chi connectivity index (χ0) is 26.9. The van der Waals surface area contributed by atoms with Crippen LogP contribution in [0.1, 0.15) is 58.2 Å². The summed E-state index contributed by atoms with van der Waals surface area (Å²) in [7, 11) is 0.811. The van der Waals surface area contributed by atoms with E-state index in [0.717, 1.165) is 16.9 Å². The highest BCUT2D eigenvalue weighted by Gasteiger charge is 2.44. The first-order valence-electron chi connectivity index (χ1n) is 12.7. The Morgan fingerprint density at radius 1 is 0.972 bits per heavy atom. The van der Waals surface area contributed by atoms with E-state index < -0.39 is 8.32 Å². The molecule has 0 saturated heterocycles. The minimum Gasteiger partial charge on any atom is -0.497 e. The number of ether oxygens (including phenoxy) is 3. The molecule has 2 aromatic rings. The fourth-order valence-electron chi connectivity index (χ4n) is 3.62. The van der Waals surface area contributed by atoms with Gasteiger partial charge in [-0.1, -0.05) is 77.1 Å². The molecule has 0 fully saturated rings. The number of benzene rings is 2. The maximum absolute atomic E-state index is 12.6. The summed E-state index contributed by atoms with van der Waals surface area (Å²) >= 11 is 0. The maximum Gasteiger partial charge on any atom is 0.307 e. The van der Waals surface area contributed by atoms with Crippen LogP contribution in [0.3, 0.4) is 0 Å². The molecule has 0 aliphatic heterocycles. The molecule has 2 aromatic carbocycles. The molecule has 36 heavy (non-hydrogen) atoms. The molecular weight excluding hydrogens is 470 g/mol. The molecule has 0 amide bonds. The van der Waals surface area contributed by atoms with E-state index in [9.17, 15) is 4.79 Å². The van der Waals surface area contributed by atoms with Crippen LogP contribution in [0.25, 0.3) is 0 Å². The minimum atomic E-state index is -2.26. The van der Waals surface area contributed by atoms with Crippen LogP contribution in [0.2, 0.25) is 18.1 Å². The highest BCUT2D eigenvalue weighted by atomic mass is 28.4. The second kappa shape index (κ2) is 13.4. The first-order chi connectivity index (χ1) is 16.9. The Morgan fingerprint density at radius 3 is 2.08 bits per heavy atom. The monoisotopic (exact) mass is 515 g/mol. The number of nitrogens with zero attached hydrogens (tertiary/aromatic N) is 1. The van der Waals surface area contributed by atoms with Crippen LogP contribution in [0.15, 0.2) is 54.6 Å². The topological polar surface area (TPSA) is 57.2 Å². The summed E-state index contributed by atoms with van der Waals surface area (Å²) in [5.74, 6) is 0.690. The van der Waals surface area contributed by atoms with Crippen molar-refractivity contribution < 1.29 is 23.5 Å².